The highest BCUT2D eigenvalue weighted by atomic mass is 32.2. The number of hydrogen-bond acceptors (Lipinski definition) is 6. The molecule has 4 rings (SSSR count). The van der Waals surface area contributed by atoms with Crippen molar-refractivity contribution >= 4 is 15.8 Å². The first-order valence-corrected chi connectivity index (χ1v) is 13.0. The van der Waals surface area contributed by atoms with Crippen LogP contribution in [0.5, 0.6) is 0 Å². The maximum absolute atomic E-state index is 15.2. The van der Waals surface area contributed by atoms with E-state index in [1.807, 2.05) is 6.07 Å². The number of ether oxygens (including phenoxy) is 2. The maximum Gasteiger partial charge on any atom is 0.309 e. The van der Waals surface area contributed by atoms with Crippen LogP contribution in [0.4, 0.5) is 8.78 Å². The number of halogens is 2. The zero-order valence-corrected chi connectivity index (χ0v) is 20.0. The molecule has 184 valence electrons. The van der Waals surface area contributed by atoms with Gasteiger partial charge in [0.15, 0.2) is 9.84 Å². The summed E-state index contributed by atoms with van der Waals surface area (Å²) in [6.07, 6.45) is 0.189. The molecule has 0 aliphatic carbocycles. The molecular formula is C25H29F2NO5S. The fraction of sp³-hybridized carbons (Fsp3) is 0.480. The predicted molar refractivity (Wildman–Crippen MR) is 123 cm³/mol. The molecule has 2 fully saturated rings. The normalized spacial score (nSPS) is 28.9. The SMILES string of the molecule is COC(=O)[C@@H]1CCOC[C@H]1c1cc(F)c(CC2[C@H](C)NC[C@@H](c3ccccc3)S2(=O)=O)cc1F. The Kier molecular flexibility index (Phi) is 7.35. The van der Waals surface area contributed by atoms with E-state index < -0.39 is 55.8 Å². The highest BCUT2D eigenvalue weighted by Gasteiger charge is 2.43. The van der Waals surface area contributed by atoms with Crippen LogP contribution >= 0.6 is 0 Å². The Morgan fingerprint density at radius 1 is 1.18 bits per heavy atom. The smallest absolute Gasteiger partial charge is 0.309 e. The largest absolute Gasteiger partial charge is 0.469 e. The first-order valence-electron chi connectivity index (χ1n) is 11.4. The van der Waals surface area contributed by atoms with E-state index in [9.17, 15) is 13.2 Å². The predicted octanol–water partition coefficient (Wildman–Crippen LogP) is 3.32. The van der Waals surface area contributed by atoms with Crippen molar-refractivity contribution in [1.29, 1.82) is 0 Å². The molecule has 0 amide bonds. The van der Waals surface area contributed by atoms with Gasteiger partial charge in [0.25, 0.3) is 0 Å². The Morgan fingerprint density at radius 2 is 1.91 bits per heavy atom. The van der Waals surface area contributed by atoms with Crippen LogP contribution in [0.3, 0.4) is 0 Å². The van der Waals surface area contributed by atoms with Crippen LogP contribution in [0.25, 0.3) is 0 Å². The molecule has 1 unspecified atom stereocenters. The molecule has 0 aromatic heterocycles. The van der Waals surface area contributed by atoms with Gasteiger partial charge in [0.2, 0.25) is 0 Å². The maximum atomic E-state index is 15.2. The van der Waals surface area contributed by atoms with E-state index in [0.717, 1.165) is 12.1 Å². The van der Waals surface area contributed by atoms with Gasteiger partial charge >= 0.3 is 5.97 Å². The van der Waals surface area contributed by atoms with E-state index in [-0.39, 0.29) is 30.7 Å². The Morgan fingerprint density at radius 3 is 2.62 bits per heavy atom. The summed E-state index contributed by atoms with van der Waals surface area (Å²) in [5.41, 5.74) is 0.694. The van der Waals surface area contributed by atoms with Crippen LogP contribution in [0.1, 0.15) is 41.2 Å². The van der Waals surface area contributed by atoms with Gasteiger partial charge in [-0.05, 0) is 48.6 Å². The van der Waals surface area contributed by atoms with Crippen molar-refractivity contribution in [3.8, 4) is 0 Å². The first kappa shape index (κ1) is 24.8. The fourth-order valence-electron chi connectivity index (χ4n) is 5.04. The first-order chi connectivity index (χ1) is 16.2. The summed E-state index contributed by atoms with van der Waals surface area (Å²) < 4.78 is 67.6. The molecule has 2 aromatic carbocycles. The van der Waals surface area contributed by atoms with Gasteiger partial charge in [0.1, 0.15) is 11.6 Å². The lowest BCUT2D eigenvalue weighted by atomic mass is 9.82. The molecule has 1 N–H and O–H groups in total. The molecule has 6 nitrogen and oxygen atoms in total. The minimum atomic E-state index is -3.68. The molecule has 2 heterocycles. The summed E-state index contributed by atoms with van der Waals surface area (Å²) in [7, 11) is -2.42. The van der Waals surface area contributed by atoms with E-state index in [2.05, 4.69) is 5.32 Å². The number of benzene rings is 2. The number of nitrogens with one attached hydrogen (secondary N) is 1. The van der Waals surface area contributed by atoms with Gasteiger partial charge in [-0.15, -0.1) is 0 Å². The lowest BCUT2D eigenvalue weighted by Gasteiger charge is -2.36. The number of sulfone groups is 1. The van der Waals surface area contributed by atoms with Crippen LogP contribution < -0.4 is 5.32 Å². The molecule has 2 aliphatic rings. The van der Waals surface area contributed by atoms with Crippen molar-refractivity contribution < 1.29 is 31.5 Å². The number of carbonyl (C=O) groups is 1. The molecule has 2 aromatic rings. The van der Waals surface area contributed by atoms with Gasteiger partial charge in [-0.2, -0.15) is 0 Å². The number of carbonyl (C=O) groups excluding carboxylic acids is 1. The summed E-state index contributed by atoms with van der Waals surface area (Å²) in [6, 6.07) is 10.6. The lowest BCUT2D eigenvalue weighted by molar-refractivity contribution is -0.149. The number of esters is 1. The van der Waals surface area contributed by atoms with Gasteiger partial charge < -0.3 is 14.8 Å². The number of hydrogen-bond donors (Lipinski definition) is 1. The molecule has 9 heteroatoms. The molecule has 2 saturated heterocycles. The fourth-order valence-corrected chi connectivity index (χ4v) is 7.41. The van der Waals surface area contributed by atoms with Crippen molar-refractivity contribution in [3.63, 3.8) is 0 Å². The van der Waals surface area contributed by atoms with E-state index in [1.54, 1.807) is 31.2 Å². The van der Waals surface area contributed by atoms with Crippen molar-refractivity contribution in [2.24, 2.45) is 5.92 Å². The molecule has 5 atom stereocenters. The van der Waals surface area contributed by atoms with Gasteiger partial charge in [-0.3, -0.25) is 4.79 Å². The van der Waals surface area contributed by atoms with Crippen LogP contribution in [0, 0.1) is 17.6 Å². The second-order valence-electron chi connectivity index (χ2n) is 8.99. The zero-order chi connectivity index (χ0) is 24.5. The van der Waals surface area contributed by atoms with Crippen molar-refractivity contribution in [1.82, 2.24) is 5.32 Å². The average Bonchev–Trinajstić information content (AvgIpc) is 2.83. The summed E-state index contributed by atoms with van der Waals surface area (Å²) >= 11 is 0. The highest BCUT2D eigenvalue weighted by Crippen LogP contribution is 2.36. The third-order valence-corrected chi connectivity index (χ3v) is 9.67. The highest BCUT2D eigenvalue weighted by molar-refractivity contribution is 7.92. The van der Waals surface area contributed by atoms with Gasteiger partial charge in [0.05, 0.1) is 30.1 Å². The van der Waals surface area contributed by atoms with E-state index in [1.165, 1.54) is 7.11 Å². The van der Waals surface area contributed by atoms with Crippen molar-refractivity contribution in [2.75, 3.05) is 26.9 Å². The summed E-state index contributed by atoms with van der Waals surface area (Å²) in [5, 5.41) is 1.53. The molecule has 0 saturated carbocycles. The van der Waals surface area contributed by atoms with Crippen LogP contribution in [0.2, 0.25) is 0 Å². The molecule has 0 spiro atoms. The standard InChI is InChI=1S/C25H29F2NO5S/c1-15-23(34(30,31)24(13-28-15)16-6-4-3-5-7-16)11-17-10-22(27)19(12-21(17)26)20-14-33-9-8-18(20)25(29)32-2/h3-7,10,12,15,18,20,23-24,28H,8-9,11,13-14H2,1-2H3/t15-,18+,20+,23?,24-/m0/s1. The molecule has 2 aliphatic heterocycles. The Labute approximate surface area is 198 Å². The van der Waals surface area contributed by atoms with Gasteiger partial charge in [-0.1, -0.05) is 30.3 Å². The summed E-state index contributed by atoms with van der Waals surface area (Å²) in [4.78, 5) is 12.2. The second kappa shape index (κ2) is 10.1. The number of rotatable bonds is 5. The topological polar surface area (TPSA) is 81.7 Å². The average molecular weight is 494 g/mol. The monoisotopic (exact) mass is 493 g/mol. The Hall–Kier alpha value is -2.36. The Balaban J connectivity index is 1.62. The lowest BCUT2D eigenvalue weighted by Crippen LogP contribution is -2.53. The zero-order valence-electron chi connectivity index (χ0n) is 19.2. The quantitative estimate of drug-likeness (QED) is 0.644. The van der Waals surface area contributed by atoms with E-state index in [4.69, 9.17) is 9.47 Å². The van der Waals surface area contributed by atoms with Crippen LogP contribution in [-0.4, -0.2) is 52.5 Å². The Bertz CT molecular complexity index is 1140. The minimum Gasteiger partial charge on any atom is -0.469 e. The van der Waals surface area contributed by atoms with Crippen LogP contribution in [0.15, 0.2) is 42.5 Å². The molecule has 34 heavy (non-hydrogen) atoms. The van der Waals surface area contributed by atoms with Crippen molar-refractivity contribution in [2.45, 2.75) is 42.2 Å². The third kappa shape index (κ3) is 4.74. The molecule has 0 radical (unpaired) electrons. The minimum absolute atomic E-state index is 0.0106. The van der Waals surface area contributed by atoms with Gasteiger partial charge in [-0.25, -0.2) is 17.2 Å². The third-order valence-electron chi connectivity index (χ3n) is 7.02. The second-order valence-corrected chi connectivity index (χ2v) is 11.3. The van der Waals surface area contributed by atoms with Gasteiger partial charge in [0, 0.05) is 25.1 Å². The molecular weight excluding hydrogens is 464 g/mol. The van der Waals surface area contributed by atoms with Crippen molar-refractivity contribution in [3.05, 3.63) is 70.8 Å². The number of methoxy groups -OCH3 is 1. The van der Waals surface area contributed by atoms with E-state index >= 15 is 8.78 Å². The molecule has 0 bridgehead atoms. The summed E-state index contributed by atoms with van der Waals surface area (Å²) in [5.74, 6) is -3.18. The van der Waals surface area contributed by atoms with E-state index in [0.29, 0.717) is 18.6 Å². The van der Waals surface area contributed by atoms with Crippen LogP contribution in [-0.2, 0) is 30.5 Å². The summed E-state index contributed by atoms with van der Waals surface area (Å²) in [6.45, 7) is 2.42.